The number of carboxylic acid groups (broad SMARTS) is 1. The highest BCUT2D eigenvalue weighted by molar-refractivity contribution is 5.80. The average molecular weight is 461 g/mol. The van der Waals surface area contributed by atoms with Gasteiger partial charge in [-0.25, -0.2) is 0 Å². The van der Waals surface area contributed by atoms with E-state index >= 15 is 0 Å². The molecule has 1 aliphatic heterocycles. The summed E-state index contributed by atoms with van der Waals surface area (Å²) in [4.78, 5) is 26.8. The summed E-state index contributed by atoms with van der Waals surface area (Å²) in [7, 11) is 1.70. The molecule has 1 saturated carbocycles. The Morgan fingerprint density at radius 2 is 1.91 bits per heavy atom. The van der Waals surface area contributed by atoms with Gasteiger partial charge in [0.2, 0.25) is 5.91 Å². The monoisotopic (exact) mass is 460 g/mol. The number of rotatable bonds is 13. The van der Waals surface area contributed by atoms with Gasteiger partial charge in [0.25, 0.3) is 0 Å². The van der Waals surface area contributed by atoms with Crippen molar-refractivity contribution in [1.29, 1.82) is 0 Å². The molecule has 0 radical (unpaired) electrons. The second-order valence-corrected chi connectivity index (χ2v) is 10.1. The molecule has 1 atom stereocenters. The third kappa shape index (κ3) is 7.71. The van der Waals surface area contributed by atoms with Crippen LogP contribution in [-0.4, -0.2) is 61.3 Å². The number of amides is 1. The molecule has 0 aromatic heterocycles. The highest BCUT2D eigenvalue weighted by Gasteiger charge is 2.36. The molecule has 1 aromatic carbocycles. The fourth-order valence-electron chi connectivity index (χ4n) is 4.27. The molecule has 1 unspecified atom stereocenters. The second-order valence-electron chi connectivity index (χ2n) is 10.1. The largest absolute Gasteiger partial charge is 0.494 e. The van der Waals surface area contributed by atoms with Gasteiger partial charge in [-0.2, -0.15) is 0 Å². The van der Waals surface area contributed by atoms with E-state index in [0.29, 0.717) is 32.2 Å². The van der Waals surface area contributed by atoms with Crippen LogP contribution in [0.15, 0.2) is 18.2 Å². The van der Waals surface area contributed by atoms with Crippen molar-refractivity contribution in [1.82, 2.24) is 10.2 Å². The second kappa shape index (κ2) is 11.8. The fraction of sp³-hybridized carbons (Fsp3) is 0.692. The number of hydrogen-bond acceptors (Lipinski definition) is 5. The fourth-order valence-corrected chi connectivity index (χ4v) is 4.27. The average Bonchev–Trinajstić information content (AvgIpc) is 3.63. The molecule has 7 nitrogen and oxygen atoms in total. The maximum absolute atomic E-state index is 13.3. The van der Waals surface area contributed by atoms with Crippen LogP contribution in [0.2, 0.25) is 0 Å². The number of carboxylic acids is 1. The van der Waals surface area contributed by atoms with E-state index in [1.165, 1.54) is 0 Å². The minimum atomic E-state index is -0.831. The molecule has 2 aliphatic rings. The highest BCUT2D eigenvalue weighted by Crippen LogP contribution is 2.32. The number of nitrogens with one attached hydrogen (secondary N) is 1. The Bertz CT molecular complexity index is 800. The standard InChI is InChI=1S/C26H40N2O5/c1-26(2,25(30)31)10-13-33-23-15-19(6-5-12-32-3)14-20(16-23)18-28(22-8-9-22)24(29)21-7-4-11-27-17-21/h14-16,21-22,27H,4-13,17-18H2,1-3H3,(H,30,31). The van der Waals surface area contributed by atoms with Gasteiger partial charge in [0, 0.05) is 32.8 Å². The number of aliphatic carboxylic acids is 1. The summed E-state index contributed by atoms with van der Waals surface area (Å²) in [5, 5.41) is 12.7. The lowest BCUT2D eigenvalue weighted by Crippen LogP contribution is -2.43. The zero-order valence-electron chi connectivity index (χ0n) is 20.4. The summed E-state index contributed by atoms with van der Waals surface area (Å²) >= 11 is 0. The van der Waals surface area contributed by atoms with Gasteiger partial charge in [-0.1, -0.05) is 6.07 Å². The van der Waals surface area contributed by atoms with E-state index in [9.17, 15) is 14.7 Å². The van der Waals surface area contributed by atoms with Crippen molar-refractivity contribution in [2.24, 2.45) is 11.3 Å². The van der Waals surface area contributed by atoms with Gasteiger partial charge in [0.05, 0.1) is 17.9 Å². The van der Waals surface area contributed by atoms with Gasteiger partial charge >= 0.3 is 5.97 Å². The number of carbonyl (C=O) groups is 2. The van der Waals surface area contributed by atoms with Crippen LogP contribution in [0, 0.1) is 11.3 Å². The highest BCUT2D eigenvalue weighted by atomic mass is 16.5. The van der Waals surface area contributed by atoms with E-state index in [-0.39, 0.29) is 11.8 Å². The molecule has 1 saturated heterocycles. The summed E-state index contributed by atoms with van der Waals surface area (Å²) in [5.74, 6) is 0.248. The van der Waals surface area contributed by atoms with Gasteiger partial charge < -0.3 is 24.8 Å². The van der Waals surface area contributed by atoms with E-state index < -0.39 is 11.4 Å². The van der Waals surface area contributed by atoms with E-state index in [4.69, 9.17) is 9.47 Å². The van der Waals surface area contributed by atoms with Crippen molar-refractivity contribution in [3.63, 3.8) is 0 Å². The lowest BCUT2D eigenvalue weighted by Gasteiger charge is -2.30. The molecule has 1 aliphatic carbocycles. The minimum absolute atomic E-state index is 0.0678. The molecular formula is C26H40N2O5. The molecular weight excluding hydrogens is 420 g/mol. The number of aryl methyl sites for hydroxylation is 1. The van der Waals surface area contributed by atoms with Crippen LogP contribution in [0.5, 0.6) is 5.75 Å². The van der Waals surface area contributed by atoms with Crippen molar-refractivity contribution in [3.8, 4) is 5.75 Å². The van der Waals surface area contributed by atoms with Crippen LogP contribution in [0.1, 0.15) is 63.5 Å². The van der Waals surface area contributed by atoms with Crippen LogP contribution in [0.3, 0.4) is 0 Å². The zero-order chi connectivity index (χ0) is 23.8. The normalized spacial score (nSPS) is 18.7. The molecule has 0 bridgehead atoms. The number of carbonyl (C=O) groups excluding carboxylic acids is 1. The maximum Gasteiger partial charge on any atom is 0.309 e. The Morgan fingerprint density at radius 3 is 2.55 bits per heavy atom. The molecule has 7 heteroatoms. The molecule has 0 spiro atoms. The van der Waals surface area contributed by atoms with Crippen LogP contribution >= 0.6 is 0 Å². The number of nitrogens with zero attached hydrogens (tertiary/aromatic N) is 1. The van der Waals surface area contributed by atoms with Crippen LogP contribution in [0.25, 0.3) is 0 Å². The van der Waals surface area contributed by atoms with Crippen molar-refractivity contribution in [2.45, 2.75) is 71.4 Å². The van der Waals surface area contributed by atoms with Gasteiger partial charge in [-0.3, -0.25) is 9.59 Å². The van der Waals surface area contributed by atoms with Crippen LogP contribution in [0.4, 0.5) is 0 Å². The first kappa shape index (κ1) is 25.5. The van der Waals surface area contributed by atoms with E-state index in [1.807, 2.05) is 12.1 Å². The van der Waals surface area contributed by atoms with E-state index in [0.717, 1.165) is 68.5 Å². The Hall–Kier alpha value is -2.12. The van der Waals surface area contributed by atoms with Crippen molar-refractivity contribution >= 4 is 11.9 Å². The Balaban J connectivity index is 1.72. The Kier molecular flexibility index (Phi) is 9.15. The first-order valence-corrected chi connectivity index (χ1v) is 12.3. The quantitative estimate of drug-likeness (QED) is 0.437. The van der Waals surface area contributed by atoms with Gasteiger partial charge in [-0.05, 0) is 88.6 Å². The van der Waals surface area contributed by atoms with Gasteiger partial charge in [0.1, 0.15) is 5.75 Å². The molecule has 1 amide bonds. The number of methoxy groups -OCH3 is 1. The summed E-state index contributed by atoms with van der Waals surface area (Å²) in [6.45, 7) is 6.81. The van der Waals surface area contributed by atoms with Crippen molar-refractivity contribution in [2.75, 3.05) is 33.4 Å². The third-order valence-corrected chi connectivity index (χ3v) is 6.68. The zero-order valence-corrected chi connectivity index (χ0v) is 20.4. The number of ether oxygens (including phenoxy) is 2. The van der Waals surface area contributed by atoms with Gasteiger partial charge in [0.15, 0.2) is 0 Å². The van der Waals surface area contributed by atoms with Crippen molar-refractivity contribution in [3.05, 3.63) is 29.3 Å². The third-order valence-electron chi connectivity index (χ3n) is 6.68. The Labute approximate surface area is 197 Å². The molecule has 33 heavy (non-hydrogen) atoms. The predicted molar refractivity (Wildman–Crippen MR) is 127 cm³/mol. The molecule has 1 heterocycles. The number of piperidine rings is 1. The van der Waals surface area contributed by atoms with Crippen LogP contribution in [-0.2, 0) is 27.3 Å². The minimum Gasteiger partial charge on any atom is -0.494 e. The van der Waals surface area contributed by atoms with Crippen LogP contribution < -0.4 is 10.1 Å². The molecule has 184 valence electrons. The Morgan fingerprint density at radius 1 is 1.15 bits per heavy atom. The summed E-state index contributed by atoms with van der Waals surface area (Å²) in [6, 6.07) is 6.56. The topological polar surface area (TPSA) is 88.1 Å². The molecule has 2 N–H and O–H groups in total. The van der Waals surface area contributed by atoms with E-state index in [2.05, 4.69) is 16.3 Å². The first-order valence-electron chi connectivity index (χ1n) is 12.3. The maximum atomic E-state index is 13.3. The summed E-state index contributed by atoms with van der Waals surface area (Å²) < 4.78 is 11.2. The van der Waals surface area contributed by atoms with Crippen molar-refractivity contribution < 1.29 is 24.2 Å². The first-order chi connectivity index (χ1) is 15.8. The molecule has 2 fully saturated rings. The van der Waals surface area contributed by atoms with E-state index in [1.54, 1.807) is 21.0 Å². The summed E-state index contributed by atoms with van der Waals surface area (Å²) in [6.07, 6.45) is 6.36. The lowest BCUT2D eigenvalue weighted by molar-refractivity contribution is -0.147. The summed E-state index contributed by atoms with van der Waals surface area (Å²) in [5.41, 5.74) is 1.39. The number of benzene rings is 1. The predicted octanol–water partition coefficient (Wildman–Crippen LogP) is 3.64. The number of hydrogen-bond donors (Lipinski definition) is 2. The SMILES string of the molecule is COCCCc1cc(CN(C(=O)C2CCCNC2)C2CC2)cc(OCCC(C)(C)C(=O)O)c1. The molecule has 3 rings (SSSR count). The molecule has 1 aromatic rings. The lowest BCUT2D eigenvalue weighted by atomic mass is 9.90. The smallest absolute Gasteiger partial charge is 0.309 e. The van der Waals surface area contributed by atoms with Gasteiger partial charge in [-0.15, -0.1) is 0 Å².